The Bertz CT molecular complexity index is 1540. The van der Waals surface area contributed by atoms with Gasteiger partial charge in [0.1, 0.15) is 6.54 Å². The highest BCUT2D eigenvalue weighted by molar-refractivity contribution is 7.99. The highest BCUT2D eigenvalue weighted by Crippen LogP contribution is 2.39. The fourth-order valence-corrected chi connectivity index (χ4v) is 5.06. The summed E-state index contributed by atoms with van der Waals surface area (Å²) in [6.07, 6.45) is -2.87. The largest absolute Gasteiger partial charge is 0.493 e. The molecule has 0 spiro atoms. The molecule has 0 radical (unpaired) electrons. The van der Waals surface area contributed by atoms with Crippen LogP contribution in [0.25, 0.3) is 10.9 Å². The fourth-order valence-electron chi connectivity index (χ4n) is 4.13. The average molecular weight is 540 g/mol. The maximum absolute atomic E-state index is 13.1. The zero-order valence-corrected chi connectivity index (χ0v) is 21.0. The van der Waals surface area contributed by atoms with E-state index >= 15 is 0 Å². The van der Waals surface area contributed by atoms with E-state index < -0.39 is 23.7 Å². The third kappa shape index (κ3) is 4.72. The van der Waals surface area contributed by atoms with Crippen LogP contribution in [0.2, 0.25) is 0 Å². The number of ether oxygens (including phenoxy) is 2. The molecule has 194 valence electrons. The molecule has 0 bridgehead atoms. The van der Waals surface area contributed by atoms with E-state index in [0.717, 1.165) is 42.6 Å². The van der Waals surface area contributed by atoms with E-state index in [1.807, 2.05) is 12.1 Å². The zero-order valence-electron chi connectivity index (χ0n) is 20.2. The molecule has 2 heterocycles. The van der Waals surface area contributed by atoms with Crippen molar-refractivity contribution in [1.29, 1.82) is 0 Å². The van der Waals surface area contributed by atoms with Gasteiger partial charge in [-0.1, -0.05) is 17.8 Å². The summed E-state index contributed by atoms with van der Waals surface area (Å²) in [5.74, 6) is 0.605. The summed E-state index contributed by atoms with van der Waals surface area (Å²) in [5, 5.41) is 0.862. The number of fused-ring (bicyclic) bond motifs is 1. The van der Waals surface area contributed by atoms with Crippen molar-refractivity contribution >= 4 is 46.0 Å². The normalized spacial score (nSPS) is 13.9. The van der Waals surface area contributed by atoms with E-state index in [1.165, 1.54) is 23.9 Å². The van der Waals surface area contributed by atoms with E-state index in [2.05, 4.69) is 4.98 Å². The van der Waals surface area contributed by atoms with Crippen molar-refractivity contribution in [1.82, 2.24) is 4.98 Å². The van der Waals surface area contributed by atoms with Crippen LogP contribution in [0.3, 0.4) is 0 Å². The standard InChI is InChI=1S/C27H20F3N3O4S/c1-36-22-13-20-21(14-23(22)37-2)31-11-10-24(20)38-19-8-6-17(7-9-19)33-25(34)15-32(26(33)35)18-5-3-4-16(12-18)27(28,29)30/h3-14H,15H2,1-2H3. The lowest BCUT2D eigenvalue weighted by Crippen LogP contribution is -2.33. The third-order valence-corrected chi connectivity index (χ3v) is 7.06. The van der Waals surface area contributed by atoms with Gasteiger partial charge in [0.15, 0.2) is 11.5 Å². The van der Waals surface area contributed by atoms with Crippen LogP contribution in [0.5, 0.6) is 11.5 Å². The minimum atomic E-state index is -4.56. The molecule has 11 heteroatoms. The molecule has 1 aromatic heterocycles. The van der Waals surface area contributed by atoms with Crippen LogP contribution >= 0.6 is 11.8 Å². The third-order valence-electron chi connectivity index (χ3n) is 5.98. The van der Waals surface area contributed by atoms with Gasteiger partial charge in [-0.25, -0.2) is 9.69 Å². The first-order valence-corrected chi connectivity index (χ1v) is 12.1. The molecule has 3 aromatic carbocycles. The number of hydrogen-bond donors (Lipinski definition) is 0. The number of alkyl halides is 3. The lowest BCUT2D eigenvalue weighted by atomic mass is 10.2. The van der Waals surface area contributed by atoms with Crippen LogP contribution in [0, 0.1) is 0 Å². The minimum absolute atomic E-state index is 0.00414. The number of pyridine rings is 1. The Morgan fingerprint density at radius 3 is 2.29 bits per heavy atom. The van der Waals surface area contributed by atoms with Crippen LogP contribution in [0.1, 0.15) is 5.56 Å². The smallest absolute Gasteiger partial charge is 0.416 e. The van der Waals surface area contributed by atoms with E-state index in [9.17, 15) is 22.8 Å². The maximum Gasteiger partial charge on any atom is 0.416 e. The first-order valence-electron chi connectivity index (χ1n) is 11.3. The van der Waals surface area contributed by atoms with Crippen LogP contribution in [-0.4, -0.2) is 37.7 Å². The van der Waals surface area contributed by atoms with Crippen LogP contribution < -0.4 is 19.3 Å². The van der Waals surface area contributed by atoms with E-state index in [1.54, 1.807) is 50.7 Å². The molecule has 0 unspecified atom stereocenters. The zero-order chi connectivity index (χ0) is 27.0. The Balaban J connectivity index is 1.38. The monoisotopic (exact) mass is 539 g/mol. The van der Waals surface area contributed by atoms with Crippen molar-refractivity contribution < 1.29 is 32.2 Å². The molecule has 38 heavy (non-hydrogen) atoms. The summed E-state index contributed by atoms with van der Waals surface area (Å²) in [7, 11) is 3.11. The Hall–Kier alpha value is -4.25. The molecule has 3 amide bonds. The molecule has 1 aliphatic rings. The lowest BCUT2D eigenvalue weighted by Gasteiger charge is -2.18. The van der Waals surface area contributed by atoms with Gasteiger partial charge in [0.25, 0.3) is 5.91 Å². The molecule has 0 saturated carbocycles. The van der Waals surface area contributed by atoms with Gasteiger partial charge in [-0.3, -0.25) is 14.7 Å². The van der Waals surface area contributed by atoms with Gasteiger partial charge in [0.05, 0.1) is 31.0 Å². The summed E-state index contributed by atoms with van der Waals surface area (Å²) < 4.78 is 50.1. The molecule has 0 N–H and O–H groups in total. The Morgan fingerprint density at radius 2 is 1.61 bits per heavy atom. The summed E-state index contributed by atoms with van der Waals surface area (Å²) in [4.78, 5) is 33.9. The Kier molecular flexibility index (Phi) is 6.62. The number of rotatable bonds is 6. The number of carbonyl (C=O) groups excluding carboxylic acids is 2. The van der Waals surface area contributed by atoms with Crippen LogP contribution in [0.4, 0.5) is 29.3 Å². The number of benzene rings is 3. The topological polar surface area (TPSA) is 72.0 Å². The van der Waals surface area contributed by atoms with E-state index in [4.69, 9.17) is 9.47 Å². The highest BCUT2D eigenvalue weighted by atomic mass is 32.2. The van der Waals surface area contributed by atoms with Gasteiger partial charge in [-0.05, 0) is 54.6 Å². The number of hydrogen-bond acceptors (Lipinski definition) is 6. The van der Waals surface area contributed by atoms with E-state index in [0.29, 0.717) is 17.2 Å². The van der Waals surface area contributed by atoms with Crippen molar-refractivity contribution in [3.8, 4) is 11.5 Å². The molecular weight excluding hydrogens is 519 g/mol. The number of amides is 3. The van der Waals surface area contributed by atoms with Crippen LogP contribution in [-0.2, 0) is 11.0 Å². The highest BCUT2D eigenvalue weighted by Gasteiger charge is 2.39. The molecule has 0 aliphatic carbocycles. The second-order valence-corrected chi connectivity index (χ2v) is 9.39. The van der Waals surface area contributed by atoms with Crippen molar-refractivity contribution in [2.24, 2.45) is 0 Å². The van der Waals surface area contributed by atoms with Crippen molar-refractivity contribution in [2.45, 2.75) is 16.0 Å². The number of nitrogens with zero attached hydrogens (tertiary/aromatic N) is 3. The number of methoxy groups -OCH3 is 2. The van der Waals surface area contributed by atoms with Gasteiger partial charge in [-0.2, -0.15) is 13.2 Å². The van der Waals surface area contributed by atoms with Gasteiger partial charge in [-0.15, -0.1) is 0 Å². The van der Waals surface area contributed by atoms with E-state index in [-0.39, 0.29) is 12.2 Å². The molecule has 4 aromatic rings. The molecule has 5 rings (SSSR count). The summed E-state index contributed by atoms with van der Waals surface area (Å²) in [6, 6.07) is 15.9. The number of halogens is 3. The minimum Gasteiger partial charge on any atom is -0.493 e. The number of aromatic nitrogens is 1. The Morgan fingerprint density at radius 1 is 0.895 bits per heavy atom. The quantitative estimate of drug-likeness (QED) is 0.264. The second-order valence-electron chi connectivity index (χ2n) is 8.28. The summed E-state index contributed by atoms with van der Waals surface area (Å²) in [6.45, 7) is -0.356. The first-order chi connectivity index (χ1) is 18.2. The predicted molar refractivity (Wildman–Crippen MR) is 137 cm³/mol. The number of urea groups is 1. The van der Waals surface area contributed by atoms with Gasteiger partial charge < -0.3 is 9.47 Å². The summed E-state index contributed by atoms with van der Waals surface area (Å²) >= 11 is 1.46. The fraction of sp³-hybridized carbons (Fsp3) is 0.148. The second kappa shape index (κ2) is 9.90. The van der Waals surface area contributed by atoms with Gasteiger partial charge in [0.2, 0.25) is 0 Å². The predicted octanol–water partition coefficient (Wildman–Crippen LogP) is 6.40. The molecule has 7 nitrogen and oxygen atoms in total. The SMILES string of the molecule is COc1cc2nccc(Sc3ccc(N4C(=O)CN(c5cccc(C(F)(F)F)c5)C4=O)cc3)c2cc1OC. The van der Waals surface area contributed by atoms with Crippen molar-refractivity contribution in [3.63, 3.8) is 0 Å². The van der Waals surface area contributed by atoms with Crippen molar-refractivity contribution in [2.75, 3.05) is 30.6 Å². The molecule has 1 fully saturated rings. The number of imide groups is 1. The Labute approximate surface area is 219 Å². The molecule has 0 atom stereocenters. The number of carbonyl (C=O) groups is 2. The van der Waals surface area contributed by atoms with Gasteiger partial charge >= 0.3 is 12.2 Å². The van der Waals surface area contributed by atoms with Crippen LogP contribution in [0.15, 0.2) is 82.7 Å². The molecule has 1 aliphatic heterocycles. The molecule has 1 saturated heterocycles. The first kappa shape index (κ1) is 25.4. The summed E-state index contributed by atoms with van der Waals surface area (Å²) in [5.41, 5.74) is 0.163. The lowest BCUT2D eigenvalue weighted by molar-refractivity contribution is -0.137. The molecular formula is C27H20F3N3O4S. The number of anilines is 2. The maximum atomic E-state index is 13.1. The van der Waals surface area contributed by atoms with Gasteiger partial charge in [0, 0.05) is 33.1 Å². The average Bonchev–Trinajstić information content (AvgIpc) is 3.21. The van der Waals surface area contributed by atoms with Crippen molar-refractivity contribution in [3.05, 3.63) is 78.5 Å².